The van der Waals surface area contributed by atoms with Gasteiger partial charge in [-0.3, -0.25) is 0 Å². The smallest absolute Gasteiger partial charge is 0.262 e. The molecule has 1 aromatic heterocycles. The molecule has 2 rings (SSSR count). The maximum Gasteiger partial charge on any atom is 0.262 e. The van der Waals surface area contributed by atoms with Crippen molar-refractivity contribution in [3.63, 3.8) is 0 Å². The van der Waals surface area contributed by atoms with Crippen molar-refractivity contribution in [1.82, 2.24) is 9.97 Å². The third-order valence-corrected chi connectivity index (χ3v) is 2.43. The third-order valence-electron chi connectivity index (χ3n) is 2.43. The minimum atomic E-state index is 0.263. The van der Waals surface area contributed by atoms with Crippen LogP contribution in [0.5, 0.6) is 11.6 Å². The van der Waals surface area contributed by atoms with Crippen LogP contribution in [0.3, 0.4) is 0 Å². The first-order valence-corrected chi connectivity index (χ1v) is 5.80. The molecule has 98 valence electrons. The van der Waals surface area contributed by atoms with Crippen molar-refractivity contribution in [2.24, 2.45) is 0 Å². The Morgan fingerprint density at radius 3 is 2.74 bits per heavy atom. The number of rotatable bonds is 5. The summed E-state index contributed by atoms with van der Waals surface area (Å²) in [5.74, 6) is 0.961. The average Bonchev–Trinajstić information content (AvgIpc) is 2.45. The van der Waals surface area contributed by atoms with Gasteiger partial charge in [-0.05, 0) is 11.6 Å². The average molecular weight is 257 g/mol. The first-order valence-electron chi connectivity index (χ1n) is 5.80. The van der Waals surface area contributed by atoms with Gasteiger partial charge < -0.3 is 15.2 Å². The monoisotopic (exact) mass is 257 g/mol. The van der Waals surface area contributed by atoms with E-state index in [0.717, 1.165) is 5.56 Å². The van der Waals surface area contributed by atoms with Gasteiger partial charge in [0.25, 0.3) is 5.88 Å². The van der Waals surface area contributed by atoms with Crippen LogP contribution in [-0.4, -0.2) is 23.7 Å². The zero-order valence-electron chi connectivity index (χ0n) is 10.6. The van der Waals surface area contributed by atoms with Crippen LogP contribution in [0.15, 0.2) is 42.7 Å². The number of hydrogen-bond donors (Lipinski definition) is 1. The first-order chi connectivity index (χ1) is 9.31. The number of nitrogen functional groups attached to an aromatic ring is 1. The van der Waals surface area contributed by atoms with E-state index in [4.69, 9.17) is 15.2 Å². The van der Waals surface area contributed by atoms with E-state index in [0.29, 0.717) is 18.2 Å². The van der Waals surface area contributed by atoms with E-state index >= 15 is 0 Å². The molecule has 0 aliphatic carbocycles. The Bertz CT molecular complexity index is 556. The van der Waals surface area contributed by atoms with Gasteiger partial charge in [-0.25, -0.2) is 4.98 Å². The lowest BCUT2D eigenvalue weighted by molar-refractivity contribution is 0.313. The van der Waals surface area contributed by atoms with Gasteiger partial charge in [-0.1, -0.05) is 36.4 Å². The molecule has 0 aliphatic heterocycles. The fraction of sp³-hybridized carbons (Fsp3) is 0.143. The summed E-state index contributed by atoms with van der Waals surface area (Å²) in [7, 11) is 1.50. The predicted octanol–water partition coefficient (Wildman–Crippen LogP) is 2.16. The molecule has 0 spiro atoms. The Balaban J connectivity index is 1.96. The van der Waals surface area contributed by atoms with Crippen molar-refractivity contribution in [3.05, 3.63) is 48.3 Å². The zero-order chi connectivity index (χ0) is 13.5. The number of aromatic nitrogens is 2. The predicted molar refractivity (Wildman–Crippen MR) is 74.0 cm³/mol. The summed E-state index contributed by atoms with van der Waals surface area (Å²) in [5.41, 5.74) is 6.76. The van der Waals surface area contributed by atoms with Crippen LogP contribution in [0.2, 0.25) is 0 Å². The minimum Gasteiger partial charge on any atom is -0.489 e. The molecule has 5 nitrogen and oxygen atoms in total. The second kappa shape index (κ2) is 6.39. The molecule has 2 N–H and O–H groups in total. The standard InChI is InChI=1S/C14H15N3O2/c1-18-12-13(15)16-10-17-14(12)19-9-5-8-11-6-3-2-4-7-11/h2-8,10H,9H2,1H3,(H2,15,16,17)/b8-5+. The van der Waals surface area contributed by atoms with Gasteiger partial charge in [0.1, 0.15) is 12.9 Å². The molecule has 0 saturated heterocycles. The number of hydrogen-bond acceptors (Lipinski definition) is 5. The van der Waals surface area contributed by atoms with Gasteiger partial charge in [0, 0.05) is 0 Å². The van der Waals surface area contributed by atoms with Gasteiger partial charge >= 0.3 is 0 Å². The first kappa shape index (κ1) is 12.9. The molecule has 0 aliphatic rings. The Morgan fingerprint density at radius 1 is 1.21 bits per heavy atom. The van der Waals surface area contributed by atoms with Gasteiger partial charge in [0.05, 0.1) is 7.11 Å². The summed E-state index contributed by atoms with van der Waals surface area (Å²) in [6.45, 7) is 0.377. The largest absolute Gasteiger partial charge is 0.489 e. The lowest BCUT2D eigenvalue weighted by atomic mass is 10.2. The van der Waals surface area contributed by atoms with E-state index in [9.17, 15) is 0 Å². The highest BCUT2D eigenvalue weighted by atomic mass is 16.5. The van der Waals surface area contributed by atoms with E-state index in [1.54, 1.807) is 0 Å². The molecule has 1 aromatic carbocycles. The highest BCUT2D eigenvalue weighted by Gasteiger charge is 2.09. The normalized spacial score (nSPS) is 10.6. The van der Waals surface area contributed by atoms with Crippen LogP contribution in [0.4, 0.5) is 5.82 Å². The minimum absolute atomic E-state index is 0.263. The molecule has 0 unspecified atom stereocenters. The Labute approximate surface area is 111 Å². The van der Waals surface area contributed by atoms with Crippen LogP contribution < -0.4 is 15.2 Å². The lowest BCUT2D eigenvalue weighted by Gasteiger charge is -2.08. The summed E-state index contributed by atoms with van der Waals surface area (Å²) >= 11 is 0. The second-order valence-electron chi connectivity index (χ2n) is 3.72. The Morgan fingerprint density at radius 2 is 2.00 bits per heavy atom. The quantitative estimate of drug-likeness (QED) is 0.888. The Hall–Kier alpha value is -2.56. The number of nitrogens with two attached hydrogens (primary N) is 1. The third kappa shape index (κ3) is 3.45. The van der Waals surface area contributed by atoms with Crippen LogP contribution in [0.25, 0.3) is 6.08 Å². The van der Waals surface area contributed by atoms with Gasteiger partial charge in [0.15, 0.2) is 5.82 Å². The highest BCUT2D eigenvalue weighted by Crippen LogP contribution is 2.28. The van der Waals surface area contributed by atoms with Crippen molar-refractivity contribution in [1.29, 1.82) is 0 Å². The van der Waals surface area contributed by atoms with Crippen LogP contribution in [0.1, 0.15) is 5.56 Å². The number of methoxy groups -OCH3 is 1. The molecule has 19 heavy (non-hydrogen) atoms. The zero-order valence-corrected chi connectivity index (χ0v) is 10.6. The maximum atomic E-state index is 5.65. The maximum absolute atomic E-state index is 5.65. The van der Waals surface area contributed by atoms with Crippen LogP contribution >= 0.6 is 0 Å². The van der Waals surface area contributed by atoms with Gasteiger partial charge in [-0.15, -0.1) is 0 Å². The molecule has 1 heterocycles. The van der Waals surface area contributed by atoms with E-state index in [1.165, 1.54) is 13.4 Å². The number of anilines is 1. The topological polar surface area (TPSA) is 70.3 Å². The fourth-order valence-electron chi connectivity index (χ4n) is 1.54. The van der Waals surface area contributed by atoms with E-state index in [-0.39, 0.29) is 5.82 Å². The van der Waals surface area contributed by atoms with Crippen LogP contribution in [0, 0.1) is 0 Å². The summed E-state index contributed by atoms with van der Waals surface area (Å²) in [5, 5.41) is 0. The molecule has 0 bridgehead atoms. The van der Waals surface area contributed by atoms with E-state index < -0.39 is 0 Å². The van der Waals surface area contributed by atoms with Gasteiger partial charge in [0.2, 0.25) is 5.75 Å². The molecule has 2 aromatic rings. The molecular weight excluding hydrogens is 242 g/mol. The van der Waals surface area contributed by atoms with Crippen molar-refractivity contribution in [2.75, 3.05) is 19.5 Å². The van der Waals surface area contributed by atoms with Gasteiger partial charge in [-0.2, -0.15) is 4.98 Å². The molecule has 0 fully saturated rings. The summed E-state index contributed by atoms with van der Waals surface area (Å²) in [4.78, 5) is 7.81. The molecule has 0 amide bonds. The number of ether oxygens (including phenoxy) is 2. The number of nitrogens with zero attached hydrogens (tertiary/aromatic N) is 2. The molecular formula is C14H15N3O2. The van der Waals surface area contributed by atoms with Crippen molar-refractivity contribution in [2.45, 2.75) is 0 Å². The fourth-order valence-corrected chi connectivity index (χ4v) is 1.54. The van der Waals surface area contributed by atoms with Crippen LogP contribution in [-0.2, 0) is 0 Å². The second-order valence-corrected chi connectivity index (χ2v) is 3.72. The molecule has 0 saturated carbocycles. The van der Waals surface area contributed by atoms with E-state index in [1.807, 2.05) is 42.5 Å². The number of benzene rings is 1. The van der Waals surface area contributed by atoms with Crippen molar-refractivity contribution in [3.8, 4) is 11.6 Å². The summed E-state index contributed by atoms with van der Waals surface area (Å²) in [6, 6.07) is 9.96. The summed E-state index contributed by atoms with van der Waals surface area (Å²) in [6.07, 6.45) is 5.21. The molecule has 0 atom stereocenters. The lowest BCUT2D eigenvalue weighted by Crippen LogP contribution is -2.03. The van der Waals surface area contributed by atoms with Crippen molar-refractivity contribution >= 4 is 11.9 Å². The molecule has 0 radical (unpaired) electrons. The van der Waals surface area contributed by atoms with E-state index in [2.05, 4.69) is 9.97 Å². The SMILES string of the molecule is COc1c(N)ncnc1OC/C=C/c1ccccc1. The van der Waals surface area contributed by atoms with Crippen molar-refractivity contribution < 1.29 is 9.47 Å². The summed E-state index contributed by atoms with van der Waals surface area (Å²) < 4.78 is 10.6. The highest BCUT2D eigenvalue weighted by molar-refractivity contribution is 5.52. The molecule has 5 heteroatoms. The Kier molecular flexibility index (Phi) is 4.34.